The first kappa shape index (κ1) is 25.9. The molecule has 1 aliphatic heterocycles. The largest absolute Gasteiger partial charge is 0.477 e. The number of carbonyl (C=O) groups excluding carboxylic acids is 1. The van der Waals surface area contributed by atoms with E-state index >= 15 is 0 Å². The Morgan fingerprint density at radius 1 is 1.00 bits per heavy atom. The first-order valence-corrected chi connectivity index (χ1v) is 12.6. The molecule has 0 radical (unpaired) electrons. The van der Waals surface area contributed by atoms with Gasteiger partial charge in [0.05, 0.1) is 13.1 Å². The summed E-state index contributed by atoms with van der Waals surface area (Å²) < 4.78 is 47.6. The van der Waals surface area contributed by atoms with E-state index in [1.807, 2.05) is 31.2 Å². The predicted molar refractivity (Wildman–Crippen MR) is 135 cm³/mol. The Balaban J connectivity index is 1.29. The van der Waals surface area contributed by atoms with Crippen molar-refractivity contribution >= 4 is 34.9 Å². The zero-order chi connectivity index (χ0) is 26.4. The SMILES string of the molecule is Cc1cc(N2CCN(Cc3ccc(Cl)cc3)CC2=O)nn1Cc1cc(Cl)ccc1OC1(C(F)(F)F)CC1. The molecule has 0 unspecified atom stereocenters. The van der Waals surface area contributed by atoms with Crippen molar-refractivity contribution in [1.29, 1.82) is 0 Å². The molecule has 5 rings (SSSR count). The minimum absolute atomic E-state index is 0.0718. The summed E-state index contributed by atoms with van der Waals surface area (Å²) in [4.78, 5) is 16.7. The lowest BCUT2D eigenvalue weighted by molar-refractivity contribution is -0.208. The number of alkyl halides is 3. The van der Waals surface area contributed by atoms with E-state index in [4.69, 9.17) is 27.9 Å². The van der Waals surface area contributed by atoms with Gasteiger partial charge >= 0.3 is 6.18 Å². The maximum absolute atomic E-state index is 13.5. The van der Waals surface area contributed by atoms with Crippen molar-refractivity contribution in [2.24, 2.45) is 0 Å². The zero-order valence-corrected chi connectivity index (χ0v) is 21.6. The highest BCUT2D eigenvalue weighted by Crippen LogP contribution is 2.52. The number of rotatable bonds is 7. The molecule has 11 heteroatoms. The van der Waals surface area contributed by atoms with Gasteiger partial charge in [-0.2, -0.15) is 18.3 Å². The second kappa shape index (κ2) is 9.85. The Bertz CT molecular complexity index is 1310. The van der Waals surface area contributed by atoms with Crippen LogP contribution in [0.1, 0.15) is 29.7 Å². The van der Waals surface area contributed by atoms with E-state index in [2.05, 4.69) is 10.00 Å². The Hall–Kier alpha value is -2.75. The van der Waals surface area contributed by atoms with E-state index in [9.17, 15) is 18.0 Å². The van der Waals surface area contributed by atoms with Crippen LogP contribution in [0.25, 0.3) is 0 Å². The number of halogens is 5. The van der Waals surface area contributed by atoms with Crippen LogP contribution in [0.4, 0.5) is 19.0 Å². The average molecular weight is 553 g/mol. The molecule has 0 N–H and O–H groups in total. The fraction of sp³-hybridized carbons (Fsp3) is 0.385. The zero-order valence-electron chi connectivity index (χ0n) is 20.1. The topological polar surface area (TPSA) is 50.6 Å². The number of aryl methyl sites for hydroxylation is 1. The third-order valence-electron chi connectivity index (χ3n) is 6.73. The van der Waals surface area contributed by atoms with Crippen LogP contribution in [0.15, 0.2) is 48.5 Å². The molecular weight excluding hydrogens is 528 g/mol. The predicted octanol–water partition coefficient (Wildman–Crippen LogP) is 5.87. The van der Waals surface area contributed by atoms with Crippen LogP contribution < -0.4 is 9.64 Å². The number of ether oxygens (including phenoxy) is 1. The number of aromatic nitrogens is 2. The Kier molecular flexibility index (Phi) is 6.89. The second-order valence-electron chi connectivity index (χ2n) is 9.53. The average Bonchev–Trinajstić information content (AvgIpc) is 3.54. The van der Waals surface area contributed by atoms with E-state index in [-0.39, 0.29) is 37.6 Å². The van der Waals surface area contributed by atoms with Gasteiger partial charge in [-0.1, -0.05) is 35.3 Å². The molecule has 2 heterocycles. The molecule has 6 nitrogen and oxygen atoms in total. The molecule has 3 aromatic rings. The molecule has 2 fully saturated rings. The number of nitrogens with zero attached hydrogens (tertiary/aromatic N) is 4. The molecule has 0 bridgehead atoms. The van der Waals surface area contributed by atoms with Gasteiger partial charge in [0.2, 0.25) is 11.5 Å². The first-order valence-electron chi connectivity index (χ1n) is 11.9. The molecule has 37 heavy (non-hydrogen) atoms. The van der Waals surface area contributed by atoms with E-state index < -0.39 is 11.8 Å². The van der Waals surface area contributed by atoms with Crippen molar-refractivity contribution in [3.8, 4) is 5.75 Å². The number of amides is 1. The van der Waals surface area contributed by atoms with Gasteiger partial charge in [0.1, 0.15) is 5.75 Å². The Morgan fingerprint density at radius 2 is 1.70 bits per heavy atom. The molecule has 1 aromatic heterocycles. The second-order valence-corrected chi connectivity index (χ2v) is 10.4. The van der Waals surface area contributed by atoms with Gasteiger partial charge in [0.15, 0.2) is 5.82 Å². The van der Waals surface area contributed by atoms with Gasteiger partial charge in [-0.25, -0.2) is 0 Å². The Morgan fingerprint density at radius 3 is 2.35 bits per heavy atom. The molecule has 2 aliphatic rings. The quantitative estimate of drug-likeness (QED) is 0.368. The minimum Gasteiger partial charge on any atom is -0.477 e. The molecule has 1 saturated heterocycles. The number of hydrogen-bond acceptors (Lipinski definition) is 4. The third-order valence-corrected chi connectivity index (χ3v) is 7.22. The van der Waals surface area contributed by atoms with Crippen molar-refractivity contribution in [2.75, 3.05) is 24.5 Å². The number of carbonyl (C=O) groups is 1. The van der Waals surface area contributed by atoms with Gasteiger partial charge < -0.3 is 4.74 Å². The van der Waals surface area contributed by atoms with Gasteiger partial charge in [-0.05, 0) is 42.8 Å². The monoisotopic (exact) mass is 552 g/mol. The number of benzene rings is 2. The van der Waals surface area contributed by atoms with Crippen molar-refractivity contribution in [3.63, 3.8) is 0 Å². The third kappa shape index (κ3) is 5.58. The number of anilines is 1. The highest BCUT2D eigenvalue weighted by Gasteiger charge is 2.66. The van der Waals surface area contributed by atoms with Crippen LogP contribution in [0, 0.1) is 6.92 Å². The standard InChI is InChI=1S/C26H25Cl2F3N4O2/c1-17-12-23(34-11-10-33(16-24(34)36)14-18-2-4-20(27)5-3-18)32-35(17)15-19-13-21(28)6-7-22(19)37-25(8-9-25)26(29,30)31/h2-7,12-13H,8-11,14-16H2,1H3. The van der Waals surface area contributed by atoms with Gasteiger partial charge in [0, 0.05) is 59.8 Å². The summed E-state index contributed by atoms with van der Waals surface area (Å²) in [5.74, 6) is 0.562. The minimum atomic E-state index is -4.45. The normalized spacial score (nSPS) is 17.8. The fourth-order valence-corrected chi connectivity index (χ4v) is 4.75. The summed E-state index contributed by atoms with van der Waals surface area (Å²) in [6.07, 6.45) is -4.60. The molecule has 1 aliphatic carbocycles. The van der Waals surface area contributed by atoms with E-state index in [0.717, 1.165) is 11.3 Å². The summed E-state index contributed by atoms with van der Waals surface area (Å²) in [7, 11) is 0. The number of hydrogen-bond donors (Lipinski definition) is 0. The van der Waals surface area contributed by atoms with E-state index in [0.29, 0.717) is 41.1 Å². The van der Waals surface area contributed by atoms with Crippen LogP contribution in [0.5, 0.6) is 5.75 Å². The fourth-order valence-electron chi connectivity index (χ4n) is 4.43. The van der Waals surface area contributed by atoms with E-state index in [1.165, 1.54) is 12.1 Å². The molecule has 1 amide bonds. The lowest BCUT2D eigenvalue weighted by atomic mass is 10.2. The van der Waals surface area contributed by atoms with Gasteiger partial charge in [-0.3, -0.25) is 19.3 Å². The lowest BCUT2D eigenvalue weighted by Crippen LogP contribution is -2.50. The number of piperazine rings is 1. The highest BCUT2D eigenvalue weighted by molar-refractivity contribution is 6.30. The summed E-state index contributed by atoms with van der Waals surface area (Å²) in [6.45, 7) is 4.03. The molecule has 0 atom stereocenters. The smallest absolute Gasteiger partial charge is 0.428 e. The Labute approximate surface area is 222 Å². The highest BCUT2D eigenvalue weighted by atomic mass is 35.5. The lowest BCUT2D eigenvalue weighted by Gasteiger charge is -2.33. The molecule has 1 saturated carbocycles. The first-order chi connectivity index (χ1) is 17.5. The summed E-state index contributed by atoms with van der Waals surface area (Å²) >= 11 is 12.1. The summed E-state index contributed by atoms with van der Waals surface area (Å²) in [5.41, 5.74) is 0.177. The van der Waals surface area contributed by atoms with Crippen LogP contribution in [0.3, 0.4) is 0 Å². The molecule has 196 valence electrons. The van der Waals surface area contributed by atoms with Crippen LogP contribution in [0.2, 0.25) is 10.0 Å². The van der Waals surface area contributed by atoms with Crippen molar-refractivity contribution < 1.29 is 22.7 Å². The van der Waals surface area contributed by atoms with Crippen molar-refractivity contribution in [1.82, 2.24) is 14.7 Å². The van der Waals surface area contributed by atoms with Crippen LogP contribution in [-0.4, -0.2) is 52.0 Å². The maximum Gasteiger partial charge on any atom is 0.428 e. The summed E-state index contributed by atoms with van der Waals surface area (Å²) in [5, 5.41) is 5.65. The van der Waals surface area contributed by atoms with Crippen molar-refractivity contribution in [2.45, 2.75) is 44.6 Å². The van der Waals surface area contributed by atoms with Gasteiger partial charge in [-0.15, -0.1) is 0 Å². The summed E-state index contributed by atoms with van der Waals surface area (Å²) in [6, 6.07) is 13.9. The maximum atomic E-state index is 13.5. The molecule has 2 aromatic carbocycles. The molecule has 0 spiro atoms. The van der Waals surface area contributed by atoms with Crippen molar-refractivity contribution in [3.05, 3.63) is 75.4 Å². The van der Waals surface area contributed by atoms with Crippen LogP contribution in [-0.2, 0) is 17.9 Å². The van der Waals surface area contributed by atoms with Crippen LogP contribution >= 0.6 is 23.2 Å². The van der Waals surface area contributed by atoms with E-state index in [1.54, 1.807) is 21.7 Å². The molecular formula is C26H25Cl2F3N4O2. The van der Waals surface area contributed by atoms with Gasteiger partial charge in [0.25, 0.3) is 0 Å².